The zero-order valence-electron chi connectivity index (χ0n) is 14.4. The lowest BCUT2D eigenvalue weighted by atomic mass is 10.1. The van der Waals surface area contributed by atoms with Gasteiger partial charge in [0.1, 0.15) is 6.54 Å². The van der Waals surface area contributed by atoms with E-state index in [9.17, 15) is 22.8 Å². The Morgan fingerprint density at radius 3 is 2.04 bits per heavy atom. The molecule has 1 atom stereocenters. The molecule has 0 unspecified atom stereocenters. The van der Waals surface area contributed by atoms with E-state index >= 15 is 0 Å². The van der Waals surface area contributed by atoms with Crippen LogP contribution in [-0.2, 0) is 14.8 Å². The fourth-order valence-electron chi connectivity index (χ4n) is 2.84. The predicted octanol–water partition coefficient (Wildman–Crippen LogP) is 0.807. The highest BCUT2D eigenvalue weighted by Gasteiger charge is 2.36. The molecule has 0 saturated heterocycles. The predicted molar refractivity (Wildman–Crippen MR) is 96.2 cm³/mol. The molecule has 9 heteroatoms. The number of benzene rings is 2. The van der Waals surface area contributed by atoms with E-state index in [-0.39, 0.29) is 16.0 Å². The number of nitrogens with zero attached hydrogens (tertiary/aromatic N) is 1. The molecular formula is C18H17N3O5S. The number of imide groups is 1. The van der Waals surface area contributed by atoms with Gasteiger partial charge in [-0.3, -0.25) is 19.3 Å². The van der Waals surface area contributed by atoms with Crippen LogP contribution in [0, 0.1) is 0 Å². The molecule has 0 aliphatic carbocycles. The summed E-state index contributed by atoms with van der Waals surface area (Å²) in [4.78, 5) is 37.7. The van der Waals surface area contributed by atoms with Crippen LogP contribution in [0.3, 0.4) is 0 Å². The average Bonchev–Trinajstić information content (AvgIpc) is 2.86. The van der Waals surface area contributed by atoms with Crippen molar-refractivity contribution in [2.75, 3.05) is 6.54 Å². The molecule has 0 fully saturated rings. The lowest BCUT2D eigenvalue weighted by Gasteiger charge is -2.18. The number of carbonyl (C=O) groups excluding carboxylic acids is 3. The van der Waals surface area contributed by atoms with Gasteiger partial charge < -0.3 is 5.32 Å². The monoisotopic (exact) mass is 387 g/mol. The van der Waals surface area contributed by atoms with Crippen molar-refractivity contribution in [1.82, 2.24) is 10.2 Å². The number of primary sulfonamides is 1. The van der Waals surface area contributed by atoms with E-state index in [2.05, 4.69) is 5.32 Å². The summed E-state index contributed by atoms with van der Waals surface area (Å²) in [5.74, 6) is -1.51. The minimum Gasteiger partial charge on any atom is -0.348 e. The maximum Gasteiger partial charge on any atom is 0.262 e. The lowest BCUT2D eigenvalue weighted by Crippen LogP contribution is -2.41. The molecule has 2 aromatic carbocycles. The van der Waals surface area contributed by atoms with Crippen LogP contribution >= 0.6 is 0 Å². The minimum atomic E-state index is -3.79. The molecule has 140 valence electrons. The van der Waals surface area contributed by atoms with E-state index in [1.165, 1.54) is 24.3 Å². The Kier molecular flexibility index (Phi) is 4.81. The molecule has 3 amide bonds. The van der Waals surface area contributed by atoms with E-state index in [1.807, 2.05) is 0 Å². The van der Waals surface area contributed by atoms with Crippen LogP contribution < -0.4 is 10.5 Å². The molecule has 0 spiro atoms. The highest BCUT2D eigenvalue weighted by Crippen LogP contribution is 2.22. The minimum absolute atomic E-state index is 0.0317. The first-order valence-corrected chi connectivity index (χ1v) is 9.60. The van der Waals surface area contributed by atoms with Gasteiger partial charge in [-0.2, -0.15) is 0 Å². The van der Waals surface area contributed by atoms with Gasteiger partial charge in [-0.05, 0) is 36.8 Å². The second-order valence-corrected chi connectivity index (χ2v) is 7.71. The largest absolute Gasteiger partial charge is 0.348 e. The smallest absolute Gasteiger partial charge is 0.262 e. The van der Waals surface area contributed by atoms with Crippen LogP contribution in [0.1, 0.15) is 39.2 Å². The highest BCUT2D eigenvalue weighted by molar-refractivity contribution is 7.89. The summed E-state index contributed by atoms with van der Waals surface area (Å²) in [6.45, 7) is 1.30. The van der Waals surface area contributed by atoms with Gasteiger partial charge >= 0.3 is 0 Å². The van der Waals surface area contributed by atoms with E-state index < -0.39 is 40.3 Å². The van der Waals surface area contributed by atoms with Crippen molar-refractivity contribution in [3.8, 4) is 0 Å². The third-order valence-electron chi connectivity index (χ3n) is 4.27. The normalized spacial score (nSPS) is 14.8. The van der Waals surface area contributed by atoms with Crippen LogP contribution in [0.4, 0.5) is 0 Å². The van der Waals surface area contributed by atoms with Crippen LogP contribution in [0.5, 0.6) is 0 Å². The Balaban J connectivity index is 1.66. The van der Waals surface area contributed by atoms with Crippen molar-refractivity contribution < 1.29 is 22.8 Å². The SMILES string of the molecule is C[C@@H](NC(=O)CN1C(=O)c2ccccc2C1=O)c1ccc(S(N)(=O)=O)cc1. The van der Waals surface area contributed by atoms with Gasteiger partial charge in [0, 0.05) is 0 Å². The van der Waals surface area contributed by atoms with Crippen molar-refractivity contribution in [2.24, 2.45) is 5.14 Å². The molecule has 27 heavy (non-hydrogen) atoms. The second-order valence-electron chi connectivity index (χ2n) is 6.15. The lowest BCUT2D eigenvalue weighted by molar-refractivity contribution is -0.122. The van der Waals surface area contributed by atoms with Gasteiger partial charge in [-0.1, -0.05) is 24.3 Å². The van der Waals surface area contributed by atoms with Crippen molar-refractivity contribution >= 4 is 27.7 Å². The molecule has 0 radical (unpaired) electrons. The summed E-state index contributed by atoms with van der Waals surface area (Å²) in [7, 11) is -3.79. The average molecular weight is 387 g/mol. The number of sulfonamides is 1. The zero-order valence-corrected chi connectivity index (χ0v) is 15.2. The van der Waals surface area contributed by atoms with Gasteiger partial charge in [-0.15, -0.1) is 0 Å². The number of fused-ring (bicyclic) bond motifs is 1. The summed E-state index contributed by atoms with van der Waals surface area (Å²) in [5.41, 5.74) is 1.21. The third kappa shape index (κ3) is 3.74. The summed E-state index contributed by atoms with van der Waals surface area (Å²) in [5, 5.41) is 7.73. The molecule has 0 saturated carbocycles. The van der Waals surface area contributed by atoms with Crippen LogP contribution in [0.25, 0.3) is 0 Å². The number of nitrogens with one attached hydrogen (secondary N) is 1. The number of carbonyl (C=O) groups is 3. The number of rotatable bonds is 5. The second kappa shape index (κ2) is 6.93. The topological polar surface area (TPSA) is 127 Å². The van der Waals surface area contributed by atoms with Crippen LogP contribution in [-0.4, -0.2) is 37.6 Å². The standard InChI is InChI=1S/C18H17N3O5S/c1-11(12-6-8-13(9-7-12)27(19,25)26)20-16(22)10-21-17(23)14-4-2-3-5-15(14)18(21)24/h2-9,11H,10H2,1H3,(H,20,22)(H2,19,25,26)/t11-/m1/s1. The van der Waals surface area contributed by atoms with Gasteiger partial charge in [0.05, 0.1) is 22.1 Å². The van der Waals surface area contributed by atoms with E-state index in [4.69, 9.17) is 5.14 Å². The van der Waals surface area contributed by atoms with Crippen LogP contribution in [0.15, 0.2) is 53.4 Å². The zero-order chi connectivity index (χ0) is 19.8. The van der Waals surface area contributed by atoms with Crippen molar-refractivity contribution in [2.45, 2.75) is 17.9 Å². The number of nitrogens with two attached hydrogens (primary N) is 1. The van der Waals surface area contributed by atoms with Gasteiger partial charge in [0.15, 0.2) is 0 Å². The highest BCUT2D eigenvalue weighted by atomic mass is 32.2. The molecular weight excluding hydrogens is 370 g/mol. The third-order valence-corrected chi connectivity index (χ3v) is 5.20. The fourth-order valence-corrected chi connectivity index (χ4v) is 3.36. The van der Waals surface area contributed by atoms with E-state index in [0.717, 1.165) is 4.90 Å². The van der Waals surface area contributed by atoms with Crippen molar-refractivity contribution in [3.05, 3.63) is 65.2 Å². The molecule has 3 N–H and O–H groups in total. The van der Waals surface area contributed by atoms with Gasteiger partial charge in [-0.25, -0.2) is 13.6 Å². The van der Waals surface area contributed by atoms with E-state index in [0.29, 0.717) is 5.56 Å². The molecule has 2 aromatic rings. The Bertz CT molecular complexity index is 996. The number of hydrogen-bond donors (Lipinski definition) is 2. The first-order valence-electron chi connectivity index (χ1n) is 8.06. The van der Waals surface area contributed by atoms with Crippen molar-refractivity contribution in [1.29, 1.82) is 0 Å². The summed E-state index contributed by atoms with van der Waals surface area (Å²) >= 11 is 0. The van der Waals surface area contributed by atoms with Gasteiger partial charge in [0.2, 0.25) is 15.9 Å². The molecule has 1 aliphatic heterocycles. The first kappa shape index (κ1) is 18.7. The summed E-state index contributed by atoms with van der Waals surface area (Å²) in [6.07, 6.45) is 0. The Morgan fingerprint density at radius 2 is 1.56 bits per heavy atom. The van der Waals surface area contributed by atoms with E-state index in [1.54, 1.807) is 31.2 Å². The molecule has 3 rings (SSSR count). The molecule has 1 aliphatic rings. The number of amides is 3. The Labute approximate surface area is 156 Å². The Morgan fingerprint density at radius 1 is 1.04 bits per heavy atom. The molecule has 1 heterocycles. The maximum absolute atomic E-state index is 12.3. The molecule has 8 nitrogen and oxygen atoms in total. The fraction of sp³-hybridized carbons (Fsp3) is 0.167. The molecule has 0 aromatic heterocycles. The van der Waals surface area contributed by atoms with Crippen molar-refractivity contribution in [3.63, 3.8) is 0 Å². The molecule has 0 bridgehead atoms. The Hall–Kier alpha value is -3.04. The quantitative estimate of drug-likeness (QED) is 0.734. The number of hydrogen-bond acceptors (Lipinski definition) is 5. The van der Waals surface area contributed by atoms with Crippen LogP contribution in [0.2, 0.25) is 0 Å². The first-order chi connectivity index (χ1) is 12.7. The summed E-state index contributed by atoms with van der Waals surface area (Å²) < 4.78 is 22.6. The maximum atomic E-state index is 12.3. The van der Waals surface area contributed by atoms with Gasteiger partial charge in [0.25, 0.3) is 11.8 Å². The summed E-state index contributed by atoms with van der Waals surface area (Å²) in [6, 6.07) is 11.7.